The minimum Gasteiger partial charge on any atom is -0.353 e. The van der Waals surface area contributed by atoms with Crippen LogP contribution in [0.25, 0.3) is 0 Å². The van der Waals surface area contributed by atoms with Crippen molar-refractivity contribution in [1.82, 2.24) is 31.9 Å². The van der Waals surface area contributed by atoms with E-state index in [1.807, 2.05) is 0 Å². The lowest BCUT2D eigenvalue weighted by atomic mass is 10.2. The van der Waals surface area contributed by atoms with E-state index in [9.17, 15) is 28.8 Å². The van der Waals surface area contributed by atoms with E-state index in [0.29, 0.717) is 25.7 Å². The maximum absolute atomic E-state index is 11.7. The summed E-state index contributed by atoms with van der Waals surface area (Å²) in [5, 5.41) is 14.9. The van der Waals surface area contributed by atoms with Gasteiger partial charge >= 0.3 is 0 Å². The molecule has 28 heavy (non-hydrogen) atoms. The van der Waals surface area contributed by atoms with Crippen LogP contribution >= 0.6 is 0 Å². The highest BCUT2D eigenvalue weighted by Gasteiger charge is 2.28. The summed E-state index contributed by atoms with van der Waals surface area (Å²) < 4.78 is 0. The summed E-state index contributed by atoms with van der Waals surface area (Å²) in [4.78, 5) is 68.8. The van der Waals surface area contributed by atoms with Crippen molar-refractivity contribution in [2.45, 2.75) is 37.8 Å². The number of amides is 6. The van der Waals surface area contributed by atoms with Crippen LogP contribution in [0.4, 0.5) is 0 Å². The van der Waals surface area contributed by atoms with Crippen LogP contribution in [0, 0.1) is 0 Å². The maximum Gasteiger partial charge on any atom is 0.243 e. The monoisotopic (exact) mass is 396 g/mol. The fourth-order valence-corrected chi connectivity index (χ4v) is 2.73. The summed E-state index contributed by atoms with van der Waals surface area (Å²) in [7, 11) is 0. The average Bonchev–Trinajstić information content (AvgIpc) is 3.29. The van der Waals surface area contributed by atoms with E-state index in [-0.39, 0.29) is 38.0 Å². The van der Waals surface area contributed by atoms with Crippen molar-refractivity contribution in [3.63, 3.8) is 0 Å². The Hall–Kier alpha value is -3.18. The summed E-state index contributed by atoms with van der Waals surface area (Å²) in [6.45, 7) is -0.175. The molecule has 0 spiro atoms. The van der Waals surface area contributed by atoms with Gasteiger partial charge in [0.15, 0.2) is 0 Å². The molecule has 0 aromatic carbocycles. The average molecular weight is 396 g/mol. The molecule has 0 radical (unpaired) electrons. The van der Waals surface area contributed by atoms with Crippen LogP contribution in [0.5, 0.6) is 0 Å². The van der Waals surface area contributed by atoms with Crippen molar-refractivity contribution in [1.29, 1.82) is 0 Å². The predicted molar refractivity (Wildman–Crippen MR) is 94.4 cm³/mol. The predicted octanol–water partition coefficient (Wildman–Crippen LogP) is -3.99. The van der Waals surface area contributed by atoms with Crippen molar-refractivity contribution < 1.29 is 28.8 Å². The smallest absolute Gasteiger partial charge is 0.243 e. The molecule has 0 aliphatic carbocycles. The van der Waals surface area contributed by atoms with Gasteiger partial charge in [0.2, 0.25) is 35.4 Å². The lowest BCUT2D eigenvalue weighted by Crippen LogP contribution is -2.47. The zero-order valence-electron chi connectivity index (χ0n) is 15.3. The molecule has 0 saturated carbocycles. The highest BCUT2D eigenvalue weighted by Crippen LogP contribution is 2.06. The second-order valence-corrected chi connectivity index (χ2v) is 6.45. The van der Waals surface area contributed by atoms with Crippen LogP contribution in [0.3, 0.4) is 0 Å². The summed E-state index contributed by atoms with van der Waals surface area (Å²) in [5.41, 5.74) is 0. The lowest BCUT2D eigenvalue weighted by molar-refractivity contribution is -0.128. The Bertz CT molecular complexity index is 610. The third-order valence-corrected chi connectivity index (χ3v) is 4.24. The standard InChI is InChI=1S/C16H24N6O6/c23-11-3-1-9(21-11)15(27)19-7-13(25)17-5-6-18-14(26)8-20-16(28)10-2-4-12(24)22-10/h9-10H,1-8H2,(H,17,25)(H,18,26)(H,19,27)(H,20,28)(H,21,23)(H,22,24). The molecule has 6 amide bonds. The molecule has 2 aliphatic rings. The Morgan fingerprint density at radius 3 is 1.43 bits per heavy atom. The Balaban J connectivity index is 1.49. The van der Waals surface area contributed by atoms with Gasteiger partial charge in [0.25, 0.3) is 0 Å². The molecule has 2 aliphatic heterocycles. The molecule has 2 heterocycles. The summed E-state index contributed by atoms with van der Waals surface area (Å²) >= 11 is 0. The highest BCUT2D eigenvalue weighted by molar-refractivity contribution is 5.93. The minimum atomic E-state index is -0.604. The molecule has 6 N–H and O–H groups in total. The molecule has 2 rings (SSSR count). The third kappa shape index (κ3) is 6.85. The molecule has 2 fully saturated rings. The largest absolute Gasteiger partial charge is 0.353 e. The summed E-state index contributed by atoms with van der Waals surface area (Å²) in [6, 6.07) is -1.21. The van der Waals surface area contributed by atoms with E-state index >= 15 is 0 Å². The van der Waals surface area contributed by atoms with E-state index in [4.69, 9.17) is 0 Å². The molecule has 2 atom stereocenters. The molecule has 2 unspecified atom stereocenters. The van der Waals surface area contributed by atoms with Crippen LogP contribution < -0.4 is 31.9 Å². The first-order valence-electron chi connectivity index (χ1n) is 9.02. The Morgan fingerprint density at radius 2 is 1.11 bits per heavy atom. The van der Waals surface area contributed by atoms with Gasteiger partial charge in [0.1, 0.15) is 12.1 Å². The number of carbonyl (C=O) groups excluding carboxylic acids is 6. The molecule has 2 saturated heterocycles. The van der Waals surface area contributed by atoms with Gasteiger partial charge in [-0.05, 0) is 12.8 Å². The van der Waals surface area contributed by atoms with E-state index in [2.05, 4.69) is 31.9 Å². The first-order valence-corrected chi connectivity index (χ1v) is 9.02. The molecule has 0 aromatic heterocycles. The fourth-order valence-electron chi connectivity index (χ4n) is 2.73. The third-order valence-electron chi connectivity index (χ3n) is 4.24. The zero-order valence-corrected chi connectivity index (χ0v) is 15.3. The van der Waals surface area contributed by atoms with Crippen molar-refractivity contribution in [2.24, 2.45) is 0 Å². The molecule has 154 valence electrons. The van der Waals surface area contributed by atoms with E-state index in [1.54, 1.807) is 0 Å². The topological polar surface area (TPSA) is 175 Å². The second-order valence-electron chi connectivity index (χ2n) is 6.45. The molecular weight excluding hydrogens is 372 g/mol. The maximum atomic E-state index is 11.7. The Morgan fingerprint density at radius 1 is 0.714 bits per heavy atom. The van der Waals surface area contributed by atoms with Crippen LogP contribution in [-0.4, -0.2) is 73.7 Å². The van der Waals surface area contributed by atoms with Crippen molar-refractivity contribution in [2.75, 3.05) is 26.2 Å². The van der Waals surface area contributed by atoms with Gasteiger partial charge < -0.3 is 31.9 Å². The first kappa shape index (κ1) is 21.1. The van der Waals surface area contributed by atoms with Crippen LogP contribution in [0.15, 0.2) is 0 Å². The fraction of sp³-hybridized carbons (Fsp3) is 0.625. The second kappa shape index (κ2) is 10.2. The van der Waals surface area contributed by atoms with Gasteiger partial charge in [-0.25, -0.2) is 0 Å². The first-order chi connectivity index (χ1) is 13.3. The van der Waals surface area contributed by atoms with Gasteiger partial charge in [0, 0.05) is 25.9 Å². The van der Waals surface area contributed by atoms with Gasteiger partial charge in [-0.1, -0.05) is 0 Å². The number of nitrogens with one attached hydrogen (secondary N) is 6. The molecule has 12 nitrogen and oxygen atoms in total. The lowest BCUT2D eigenvalue weighted by Gasteiger charge is -2.12. The molecule has 12 heteroatoms. The summed E-state index contributed by atoms with van der Waals surface area (Å²) in [6.07, 6.45) is 1.39. The number of hydrogen-bond donors (Lipinski definition) is 6. The van der Waals surface area contributed by atoms with Gasteiger partial charge in [-0.15, -0.1) is 0 Å². The van der Waals surface area contributed by atoms with E-state index in [1.165, 1.54) is 0 Å². The number of carbonyl (C=O) groups is 6. The SMILES string of the molecule is O=C(CNC(=O)C1CCC(=O)N1)NCCNC(=O)CNC(=O)C1CCC(=O)N1. The van der Waals surface area contributed by atoms with Crippen LogP contribution in [0.1, 0.15) is 25.7 Å². The Kier molecular flexibility index (Phi) is 7.72. The van der Waals surface area contributed by atoms with Crippen molar-refractivity contribution >= 4 is 35.4 Å². The molecule has 0 bridgehead atoms. The highest BCUT2D eigenvalue weighted by atomic mass is 16.2. The van der Waals surface area contributed by atoms with Crippen LogP contribution in [-0.2, 0) is 28.8 Å². The normalized spacial score (nSPS) is 20.7. The number of hydrogen-bond acceptors (Lipinski definition) is 6. The molecular formula is C16H24N6O6. The van der Waals surface area contributed by atoms with Gasteiger partial charge in [-0.2, -0.15) is 0 Å². The number of rotatable bonds is 9. The Labute approximate surface area is 160 Å². The van der Waals surface area contributed by atoms with Crippen molar-refractivity contribution in [3.8, 4) is 0 Å². The quantitative estimate of drug-likeness (QED) is 0.217. The van der Waals surface area contributed by atoms with Crippen molar-refractivity contribution in [3.05, 3.63) is 0 Å². The van der Waals surface area contributed by atoms with E-state index in [0.717, 1.165) is 0 Å². The van der Waals surface area contributed by atoms with Gasteiger partial charge in [0.05, 0.1) is 13.1 Å². The van der Waals surface area contributed by atoms with Crippen LogP contribution in [0.2, 0.25) is 0 Å². The summed E-state index contributed by atoms with van der Waals surface area (Å²) in [5.74, 6) is -2.07. The zero-order chi connectivity index (χ0) is 20.5. The molecule has 0 aromatic rings. The van der Waals surface area contributed by atoms with Gasteiger partial charge in [-0.3, -0.25) is 28.8 Å². The van der Waals surface area contributed by atoms with E-state index < -0.39 is 35.7 Å². The minimum absolute atomic E-state index is 0.146.